The van der Waals surface area contributed by atoms with Crippen molar-refractivity contribution >= 4 is 5.97 Å². The highest BCUT2D eigenvalue weighted by molar-refractivity contribution is 5.92. The first-order valence-electron chi connectivity index (χ1n) is 4.70. The van der Waals surface area contributed by atoms with Gasteiger partial charge in [-0.3, -0.25) is 0 Å². The minimum absolute atomic E-state index is 0.266. The highest BCUT2D eigenvalue weighted by Gasteiger charge is 2.07. The molecule has 1 aliphatic rings. The lowest BCUT2D eigenvalue weighted by molar-refractivity contribution is -0.138. The third-order valence-electron chi connectivity index (χ3n) is 1.93. The van der Waals surface area contributed by atoms with E-state index in [1.54, 1.807) is 19.1 Å². The number of ether oxygens (including phenoxy) is 1. The maximum atomic E-state index is 11.4. The first kappa shape index (κ1) is 10.6. The fourth-order valence-electron chi connectivity index (χ4n) is 1.16. The van der Waals surface area contributed by atoms with Crippen molar-refractivity contribution < 1.29 is 9.53 Å². The number of hydrogen-bond acceptors (Lipinski definition) is 3. The van der Waals surface area contributed by atoms with Crippen LogP contribution in [0.5, 0.6) is 0 Å². The van der Waals surface area contributed by atoms with Crippen LogP contribution in [0.25, 0.3) is 0 Å². The van der Waals surface area contributed by atoms with Crippen molar-refractivity contribution in [1.29, 1.82) is 0 Å². The average molecular weight is 193 g/mol. The number of carbonyl (C=O) groups is 1. The SMILES string of the molecule is CCOC(=O)C1=CC=C(NC)CC=C1. The summed E-state index contributed by atoms with van der Waals surface area (Å²) in [5.74, 6) is -0.266. The van der Waals surface area contributed by atoms with Crippen molar-refractivity contribution in [2.24, 2.45) is 0 Å². The zero-order valence-electron chi connectivity index (χ0n) is 8.54. The van der Waals surface area contributed by atoms with Crippen molar-refractivity contribution in [2.75, 3.05) is 13.7 Å². The zero-order valence-corrected chi connectivity index (χ0v) is 8.54. The van der Waals surface area contributed by atoms with E-state index >= 15 is 0 Å². The maximum Gasteiger partial charge on any atom is 0.338 e. The molecule has 0 bridgehead atoms. The molecule has 0 aromatic rings. The molecule has 0 unspecified atom stereocenters. The van der Waals surface area contributed by atoms with Crippen LogP contribution in [0, 0.1) is 0 Å². The van der Waals surface area contributed by atoms with E-state index in [0.29, 0.717) is 12.2 Å². The second-order valence-corrected chi connectivity index (χ2v) is 2.89. The predicted octanol–water partition coefficient (Wildman–Crippen LogP) is 1.54. The van der Waals surface area contributed by atoms with Crippen molar-refractivity contribution in [3.05, 3.63) is 35.6 Å². The largest absolute Gasteiger partial charge is 0.462 e. The molecule has 0 atom stereocenters. The van der Waals surface area contributed by atoms with Gasteiger partial charge in [-0.1, -0.05) is 12.2 Å². The topological polar surface area (TPSA) is 38.3 Å². The van der Waals surface area contributed by atoms with Crippen LogP contribution in [0.4, 0.5) is 0 Å². The molecule has 3 nitrogen and oxygen atoms in total. The van der Waals surface area contributed by atoms with Crippen molar-refractivity contribution in [3.8, 4) is 0 Å². The molecule has 1 rings (SSSR count). The first-order valence-corrected chi connectivity index (χ1v) is 4.70. The van der Waals surface area contributed by atoms with Crippen LogP contribution in [0.1, 0.15) is 13.3 Å². The van der Waals surface area contributed by atoms with E-state index in [-0.39, 0.29) is 5.97 Å². The van der Waals surface area contributed by atoms with Crippen LogP contribution in [-0.4, -0.2) is 19.6 Å². The Hall–Kier alpha value is -1.51. The second-order valence-electron chi connectivity index (χ2n) is 2.89. The Morgan fingerprint density at radius 1 is 1.57 bits per heavy atom. The second kappa shape index (κ2) is 5.27. The van der Waals surface area contributed by atoms with Gasteiger partial charge in [0.25, 0.3) is 0 Å². The number of nitrogens with one attached hydrogen (secondary N) is 1. The van der Waals surface area contributed by atoms with Gasteiger partial charge in [-0.25, -0.2) is 4.79 Å². The Morgan fingerprint density at radius 3 is 3.00 bits per heavy atom. The fraction of sp³-hybridized carbons (Fsp3) is 0.364. The summed E-state index contributed by atoms with van der Waals surface area (Å²) < 4.78 is 4.90. The summed E-state index contributed by atoms with van der Waals surface area (Å²) >= 11 is 0. The highest BCUT2D eigenvalue weighted by Crippen LogP contribution is 2.10. The average Bonchev–Trinajstić information content (AvgIpc) is 2.42. The molecule has 1 N–H and O–H groups in total. The van der Waals surface area contributed by atoms with Crippen molar-refractivity contribution in [1.82, 2.24) is 5.32 Å². The molecular weight excluding hydrogens is 178 g/mol. The summed E-state index contributed by atoms with van der Waals surface area (Å²) in [5.41, 5.74) is 1.68. The van der Waals surface area contributed by atoms with Gasteiger partial charge >= 0.3 is 5.97 Å². The Labute approximate surface area is 84.1 Å². The Morgan fingerprint density at radius 2 is 2.36 bits per heavy atom. The molecule has 0 radical (unpaired) electrons. The molecule has 0 fully saturated rings. The van der Waals surface area contributed by atoms with E-state index in [0.717, 1.165) is 12.1 Å². The number of esters is 1. The fourth-order valence-corrected chi connectivity index (χ4v) is 1.16. The molecule has 0 heterocycles. The molecule has 0 spiro atoms. The van der Waals surface area contributed by atoms with Gasteiger partial charge in [0.1, 0.15) is 0 Å². The van der Waals surface area contributed by atoms with Crippen LogP contribution in [-0.2, 0) is 9.53 Å². The third kappa shape index (κ3) is 2.76. The van der Waals surface area contributed by atoms with E-state index in [1.165, 1.54) is 0 Å². The van der Waals surface area contributed by atoms with Crippen molar-refractivity contribution in [3.63, 3.8) is 0 Å². The summed E-state index contributed by atoms with van der Waals surface area (Å²) in [6.45, 7) is 2.21. The molecule has 0 aliphatic heterocycles. The summed E-state index contributed by atoms with van der Waals surface area (Å²) in [6, 6.07) is 0. The molecule has 14 heavy (non-hydrogen) atoms. The van der Waals surface area contributed by atoms with Gasteiger partial charge in [0.15, 0.2) is 0 Å². The van der Waals surface area contributed by atoms with E-state index < -0.39 is 0 Å². The molecule has 3 heteroatoms. The zero-order chi connectivity index (χ0) is 10.4. The standard InChI is InChI=1S/C11H15NO2/c1-3-14-11(13)9-5-4-6-10(12-2)8-7-9/h4-5,7-8,12H,3,6H2,1-2H3. The van der Waals surface area contributed by atoms with E-state index in [9.17, 15) is 4.79 Å². The van der Waals surface area contributed by atoms with Crippen LogP contribution < -0.4 is 5.32 Å². The summed E-state index contributed by atoms with van der Waals surface area (Å²) in [4.78, 5) is 11.4. The summed E-state index contributed by atoms with van der Waals surface area (Å²) in [5, 5.41) is 3.05. The van der Waals surface area contributed by atoms with Crippen LogP contribution in [0.3, 0.4) is 0 Å². The smallest absolute Gasteiger partial charge is 0.338 e. The van der Waals surface area contributed by atoms with Gasteiger partial charge in [-0.2, -0.15) is 0 Å². The lowest BCUT2D eigenvalue weighted by Crippen LogP contribution is -2.05. The number of carbonyl (C=O) groups excluding carboxylic acids is 1. The molecular formula is C11H15NO2. The van der Waals surface area contributed by atoms with Gasteiger partial charge in [-0.15, -0.1) is 0 Å². The maximum absolute atomic E-state index is 11.4. The monoisotopic (exact) mass is 193 g/mol. The first-order chi connectivity index (χ1) is 6.77. The Balaban J connectivity index is 2.74. The minimum Gasteiger partial charge on any atom is -0.462 e. The normalized spacial score (nSPS) is 15.3. The summed E-state index contributed by atoms with van der Waals surface area (Å²) in [6.07, 6.45) is 8.21. The Bertz CT molecular complexity index is 300. The highest BCUT2D eigenvalue weighted by atomic mass is 16.5. The predicted molar refractivity (Wildman–Crippen MR) is 55.6 cm³/mol. The molecule has 0 saturated heterocycles. The molecule has 0 aromatic heterocycles. The van der Waals surface area contributed by atoms with Crippen molar-refractivity contribution in [2.45, 2.75) is 13.3 Å². The lowest BCUT2D eigenvalue weighted by atomic mass is 10.2. The van der Waals surface area contributed by atoms with Gasteiger partial charge in [0.2, 0.25) is 0 Å². The molecule has 0 aromatic carbocycles. The van der Waals surface area contributed by atoms with Crippen LogP contribution >= 0.6 is 0 Å². The number of allylic oxidation sites excluding steroid dienone is 3. The quantitative estimate of drug-likeness (QED) is 0.691. The molecule has 0 saturated carbocycles. The van der Waals surface area contributed by atoms with E-state index in [2.05, 4.69) is 5.32 Å². The molecule has 76 valence electrons. The van der Waals surface area contributed by atoms with E-state index in [1.807, 2.05) is 19.2 Å². The minimum atomic E-state index is -0.266. The van der Waals surface area contributed by atoms with Gasteiger partial charge in [-0.05, 0) is 19.1 Å². The Kier molecular flexibility index (Phi) is 3.98. The lowest BCUT2D eigenvalue weighted by Gasteiger charge is -1.99. The van der Waals surface area contributed by atoms with Gasteiger partial charge in [0, 0.05) is 19.2 Å². The number of rotatable bonds is 3. The number of hydrogen-bond donors (Lipinski definition) is 1. The van der Waals surface area contributed by atoms with Crippen LogP contribution in [0.15, 0.2) is 35.6 Å². The molecule has 0 amide bonds. The third-order valence-corrected chi connectivity index (χ3v) is 1.93. The summed E-state index contributed by atoms with van der Waals surface area (Å²) in [7, 11) is 1.86. The van der Waals surface area contributed by atoms with Gasteiger partial charge in [0.05, 0.1) is 12.2 Å². The van der Waals surface area contributed by atoms with E-state index in [4.69, 9.17) is 4.74 Å². The van der Waals surface area contributed by atoms with Crippen LogP contribution in [0.2, 0.25) is 0 Å². The van der Waals surface area contributed by atoms with Gasteiger partial charge < -0.3 is 10.1 Å². The molecule has 1 aliphatic carbocycles.